The van der Waals surface area contributed by atoms with E-state index in [1.54, 1.807) is 0 Å². The summed E-state index contributed by atoms with van der Waals surface area (Å²) in [5.41, 5.74) is 0.162. The summed E-state index contributed by atoms with van der Waals surface area (Å²) in [6.07, 6.45) is 0. The Labute approximate surface area is 102 Å². The molecule has 0 saturated heterocycles. The van der Waals surface area contributed by atoms with Gasteiger partial charge < -0.3 is 14.9 Å². The molecule has 90 valence electrons. The van der Waals surface area contributed by atoms with Gasteiger partial charge in [-0.2, -0.15) is 0 Å². The maximum absolute atomic E-state index is 11.0. The molecule has 1 aromatic carbocycles. The van der Waals surface area contributed by atoms with E-state index in [-0.39, 0.29) is 23.0 Å². The largest absolute Gasteiger partial charge is 0.507 e. The topological polar surface area (TPSA) is 83.8 Å². The number of hydrogen-bond donors (Lipinski definition) is 2. The van der Waals surface area contributed by atoms with E-state index in [2.05, 4.69) is 6.58 Å². The summed E-state index contributed by atoms with van der Waals surface area (Å²) in [7, 11) is 0. The van der Waals surface area contributed by atoms with Crippen LogP contribution in [0.4, 0.5) is 0 Å². The van der Waals surface area contributed by atoms with Crippen molar-refractivity contribution >= 4 is 23.5 Å². The first kappa shape index (κ1) is 13.1. The van der Waals surface area contributed by atoms with Crippen LogP contribution >= 0.6 is 11.6 Å². The highest BCUT2D eigenvalue weighted by molar-refractivity contribution is 6.40. The van der Waals surface area contributed by atoms with Crippen LogP contribution in [0.25, 0.3) is 0 Å². The Morgan fingerprint density at radius 3 is 2.59 bits per heavy atom. The van der Waals surface area contributed by atoms with E-state index >= 15 is 0 Å². The Morgan fingerprint density at radius 1 is 1.41 bits per heavy atom. The Morgan fingerprint density at radius 2 is 2.06 bits per heavy atom. The molecule has 0 unspecified atom stereocenters. The molecule has 0 aliphatic carbocycles. The maximum atomic E-state index is 11.0. The first-order valence-electron chi connectivity index (χ1n) is 4.48. The smallest absolute Gasteiger partial charge is 0.349 e. The summed E-state index contributed by atoms with van der Waals surface area (Å²) < 4.78 is 4.72. The Hall–Kier alpha value is -2.01. The van der Waals surface area contributed by atoms with Gasteiger partial charge in [-0.1, -0.05) is 24.2 Å². The third-order valence-electron chi connectivity index (χ3n) is 1.88. The van der Waals surface area contributed by atoms with Crippen molar-refractivity contribution in [3.63, 3.8) is 0 Å². The predicted molar refractivity (Wildman–Crippen MR) is 59.9 cm³/mol. The second-order valence-corrected chi connectivity index (χ2v) is 3.59. The number of carbonyl (C=O) groups excluding carboxylic acids is 1. The zero-order chi connectivity index (χ0) is 13.0. The number of aromatic carboxylic acids is 1. The number of carboxylic acids is 1. The molecular weight excluding hydrogens is 248 g/mol. The van der Waals surface area contributed by atoms with Crippen LogP contribution in [-0.2, 0) is 16.1 Å². The van der Waals surface area contributed by atoms with Crippen molar-refractivity contribution in [2.75, 3.05) is 0 Å². The van der Waals surface area contributed by atoms with Crippen molar-refractivity contribution in [1.29, 1.82) is 0 Å². The standard InChI is InChI=1S/C11H9ClO5/c1-6(12)11(16)17-5-7-2-3-9(13)8(4-7)10(14)15/h2-4,13H,1,5H2,(H,14,15). The van der Waals surface area contributed by atoms with Crippen LogP contribution in [0.1, 0.15) is 15.9 Å². The van der Waals surface area contributed by atoms with Gasteiger partial charge in [0.05, 0.1) is 0 Å². The number of phenols is 1. The van der Waals surface area contributed by atoms with Crippen LogP contribution in [0, 0.1) is 0 Å². The quantitative estimate of drug-likeness (QED) is 0.635. The number of ether oxygens (including phenoxy) is 1. The molecule has 0 aliphatic rings. The zero-order valence-corrected chi connectivity index (χ0v) is 9.40. The van der Waals surface area contributed by atoms with Gasteiger partial charge in [-0.3, -0.25) is 0 Å². The van der Waals surface area contributed by atoms with Gasteiger partial charge in [0, 0.05) is 0 Å². The number of hydrogen-bond acceptors (Lipinski definition) is 4. The first-order chi connectivity index (χ1) is 7.91. The third-order valence-corrected chi connectivity index (χ3v) is 2.04. The summed E-state index contributed by atoms with van der Waals surface area (Å²) >= 11 is 5.30. The van der Waals surface area contributed by atoms with Gasteiger partial charge in [0.25, 0.3) is 0 Å². The van der Waals surface area contributed by atoms with E-state index in [1.165, 1.54) is 18.2 Å². The van der Waals surface area contributed by atoms with Crippen molar-refractivity contribution in [3.05, 3.63) is 40.9 Å². The number of aromatic hydroxyl groups is 1. The van der Waals surface area contributed by atoms with Crippen molar-refractivity contribution in [3.8, 4) is 5.75 Å². The molecule has 1 aromatic rings. The SMILES string of the molecule is C=C(Cl)C(=O)OCc1ccc(O)c(C(=O)O)c1. The fraction of sp³-hybridized carbons (Fsp3) is 0.0909. The van der Waals surface area contributed by atoms with Gasteiger partial charge >= 0.3 is 11.9 Å². The Bertz CT molecular complexity index is 481. The fourth-order valence-electron chi connectivity index (χ4n) is 1.07. The van der Waals surface area contributed by atoms with Crippen LogP contribution in [-0.4, -0.2) is 22.2 Å². The number of carboxylic acid groups (broad SMARTS) is 1. The minimum absolute atomic E-state index is 0.148. The molecule has 0 aliphatic heterocycles. The summed E-state index contributed by atoms with van der Waals surface area (Å²) in [6.45, 7) is 3.04. The number of benzene rings is 1. The molecule has 0 aromatic heterocycles. The molecule has 0 fully saturated rings. The van der Waals surface area contributed by atoms with Crippen molar-refractivity contribution in [1.82, 2.24) is 0 Å². The molecule has 0 bridgehead atoms. The molecule has 6 heteroatoms. The Kier molecular flexibility index (Phi) is 4.12. The average molecular weight is 257 g/mol. The third kappa shape index (κ3) is 3.49. The molecule has 0 atom stereocenters. The van der Waals surface area contributed by atoms with Gasteiger partial charge in [-0.15, -0.1) is 0 Å². The maximum Gasteiger partial charge on any atom is 0.349 e. The second kappa shape index (κ2) is 5.36. The molecule has 5 nitrogen and oxygen atoms in total. The van der Waals surface area contributed by atoms with Crippen LogP contribution < -0.4 is 0 Å². The van der Waals surface area contributed by atoms with E-state index in [0.717, 1.165) is 0 Å². The summed E-state index contributed by atoms with van der Waals surface area (Å²) in [5.74, 6) is -2.40. The lowest BCUT2D eigenvalue weighted by Crippen LogP contribution is -2.05. The lowest BCUT2D eigenvalue weighted by Gasteiger charge is -2.05. The number of carbonyl (C=O) groups is 2. The molecule has 0 spiro atoms. The van der Waals surface area contributed by atoms with Crippen molar-refractivity contribution in [2.45, 2.75) is 6.61 Å². The molecule has 1 rings (SSSR count). The second-order valence-electron chi connectivity index (χ2n) is 3.14. The molecule has 2 N–H and O–H groups in total. The molecule has 17 heavy (non-hydrogen) atoms. The highest BCUT2D eigenvalue weighted by Crippen LogP contribution is 2.19. The lowest BCUT2D eigenvalue weighted by atomic mass is 10.1. The molecule has 0 radical (unpaired) electrons. The normalized spacial score (nSPS) is 9.71. The number of rotatable bonds is 4. The van der Waals surface area contributed by atoms with Gasteiger partial charge in [-0.05, 0) is 17.7 Å². The highest BCUT2D eigenvalue weighted by atomic mass is 35.5. The monoisotopic (exact) mass is 256 g/mol. The first-order valence-corrected chi connectivity index (χ1v) is 4.86. The molecule has 0 heterocycles. The van der Waals surface area contributed by atoms with Crippen molar-refractivity contribution in [2.24, 2.45) is 0 Å². The van der Waals surface area contributed by atoms with Gasteiger partial charge in [0.15, 0.2) is 0 Å². The van der Waals surface area contributed by atoms with E-state index in [1.807, 2.05) is 0 Å². The average Bonchev–Trinajstić information content (AvgIpc) is 2.26. The van der Waals surface area contributed by atoms with E-state index < -0.39 is 11.9 Å². The zero-order valence-electron chi connectivity index (χ0n) is 8.64. The lowest BCUT2D eigenvalue weighted by molar-refractivity contribution is -0.139. The molecule has 0 amide bonds. The van der Waals surface area contributed by atoms with E-state index in [4.69, 9.17) is 21.4 Å². The highest BCUT2D eigenvalue weighted by Gasteiger charge is 2.11. The Balaban J connectivity index is 2.80. The summed E-state index contributed by atoms with van der Waals surface area (Å²) in [4.78, 5) is 21.7. The minimum atomic E-state index is -1.27. The summed E-state index contributed by atoms with van der Waals surface area (Å²) in [5, 5.41) is 17.7. The van der Waals surface area contributed by atoms with Crippen LogP contribution in [0.3, 0.4) is 0 Å². The number of esters is 1. The number of halogens is 1. The van der Waals surface area contributed by atoms with Gasteiger partial charge in [-0.25, -0.2) is 9.59 Å². The minimum Gasteiger partial charge on any atom is -0.507 e. The van der Waals surface area contributed by atoms with Gasteiger partial charge in [0.2, 0.25) is 0 Å². The summed E-state index contributed by atoms with van der Waals surface area (Å²) in [6, 6.07) is 3.86. The fourth-order valence-corrected chi connectivity index (χ4v) is 1.13. The van der Waals surface area contributed by atoms with Crippen LogP contribution in [0.5, 0.6) is 5.75 Å². The van der Waals surface area contributed by atoms with E-state index in [0.29, 0.717) is 5.56 Å². The molecule has 0 saturated carbocycles. The predicted octanol–water partition coefficient (Wildman–Crippen LogP) is 1.89. The van der Waals surface area contributed by atoms with Crippen LogP contribution in [0.2, 0.25) is 0 Å². The van der Waals surface area contributed by atoms with Crippen molar-refractivity contribution < 1.29 is 24.5 Å². The molecular formula is C11H9ClO5. The van der Waals surface area contributed by atoms with Crippen LogP contribution in [0.15, 0.2) is 29.8 Å². The van der Waals surface area contributed by atoms with E-state index in [9.17, 15) is 14.7 Å². The van der Waals surface area contributed by atoms with Gasteiger partial charge in [0.1, 0.15) is 23.0 Å².